The number of nitrogens with one attached hydrogen (secondary N) is 6. The second-order valence-electron chi connectivity index (χ2n) is 14.4. The Kier molecular flexibility index (Phi) is 13.1. The molecule has 1 saturated carbocycles. The van der Waals surface area contributed by atoms with E-state index in [4.69, 9.17) is 21.1 Å². The summed E-state index contributed by atoms with van der Waals surface area (Å²) in [6.07, 6.45) is -3.50. The molecule has 1 aliphatic carbocycles. The van der Waals surface area contributed by atoms with Crippen molar-refractivity contribution in [3.05, 3.63) is 101 Å². The van der Waals surface area contributed by atoms with Crippen molar-refractivity contribution in [3.63, 3.8) is 0 Å². The lowest BCUT2D eigenvalue weighted by Crippen LogP contribution is -2.44. The number of amides is 3. The molecule has 21 heteroatoms. The molecule has 17 nitrogen and oxygen atoms in total. The van der Waals surface area contributed by atoms with Crippen molar-refractivity contribution >= 4 is 64.4 Å². The summed E-state index contributed by atoms with van der Waals surface area (Å²) in [7, 11) is 0. The number of carbonyl (C=O) groups is 4. The summed E-state index contributed by atoms with van der Waals surface area (Å²) in [6, 6.07) is 21.5. The zero-order valence-corrected chi connectivity index (χ0v) is 33.5. The van der Waals surface area contributed by atoms with Crippen molar-refractivity contribution in [1.82, 2.24) is 30.6 Å². The van der Waals surface area contributed by atoms with Crippen LogP contribution < -0.4 is 36.2 Å². The number of rotatable bonds is 16. The Balaban J connectivity index is 0.901. The third kappa shape index (κ3) is 11.5. The average molecular weight is 877 g/mol. The highest BCUT2D eigenvalue weighted by Crippen LogP contribution is 2.48. The Morgan fingerprint density at radius 3 is 2.21 bits per heavy atom. The molecule has 1 saturated heterocycles. The third-order valence-electron chi connectivity index (χ3n) is 9.89. The van der Waals surface area contributed by atoms with Crippen LogP contribution >= 0.6 is 11.6 Å². The molecule has 2 aromatic heterocycles. The standard InChI is InChI=1S/C41H40ClF3N10O7/c42-27-7-5-26(6-8-27)40(16-17-40)54-38-51-37(52-39(53-38)62-23-41(43,44)45)48-29-11-3-25(4-12-29)33(56)50-31(36(59)60)15-18-46-34(57)35(58)47-28-9-1-24(2-10-28)30-13-14-32(49-30)55-19-21-61-22-20-55/h1-14,31,49H,15-23H2,(H,46,57)(H,47,58)(H,50,56)(H,59,60)(H2,48,51,52,53,54)/t31-/m0/s1. The average Bonchev–Trinajstić information content (AvgIpc) is 3.86. The van der Waals surface area contributed by atoms with Crippen LogP contribution in [-0.4, -0.2) is 100 Å². The van der Waals surface area contributed by atoms with Gasteiger partial charge < -0.3 is 51.0 Å². The number of alkyl halides is 3. The quantitative estimate of drug-likeness (QED) is 0.0612. The molecule has 62 heavy (non-hydrogen) atoms. The van der Waals surface area contributed by atoms with E-state index in [-0.39, 0.29) is 30.4 Å². The van der Waals surface area contributed by atoms with Gasteiger partial charge in [0.25, 0.3) is 5.91 Å². The number of hydrogen-bond acceptors (Lipinski definition) is 12. The van der Waals surface area contributed by atoms with E-state index in [2.05, 4.69) is 51.4 Å². The van der Waals surface area contributed by atoms with Crippen LogP contribution in [-0.2, 0) is 24.7 Å². The number of nitrogens with zero attached hydrogens (tertiary/aromatic N) is 4. The van der Waals surface area contributed by atoms with E-state index in [0.29, 0.717) is 42.5 Å². The monoisotopic (exact) mass is 876 g/mol. The highest BCUT2D eigenvalue weighted by atomic mass is 35.5. The maximum atomic E-state index is 13.0. The van der Waals surface area contributed by atoms with Crippen LogP contribution in [0.25, 0.3) is 11.3 Å². The van der Waals surface area contributed by atoms with Gasteiger partial charge in [-0.15, -0.1) is 0 Å². The molecule has 2 fully saturated rings. The lowest BCUT2D eigenvalue weighted by Gasteiger charge is -2.27. The Morgan fingerprint density at radius 1 is 0.871 bits per heavy atom. The number of morpholine rings is 1. The normalized spacial score (nSPS) is 14.9. The smallest absolute Gasteiger partial charge is 0.422 e. The summed E-state index contributed by atoms with van der Waals surface area (Å²) in [5.41, 5.74) is 2.82. The van der Waals surface area contributed by atoms with E-state index in [1.54, 1.807) is 36.4 Å². The molecule has 0 spiro atoms. The minimum atomic E-state index is -4.65. The van der Waals surface area contributed by atoms with Gasteiger partial charge in [-0.3, -0.25) is 14.4 Å². The number of aromatic nitrogens is 4. The van der Waals surface area contributed by atoms with Crippen molar-refractivity contribution in [2.45, 2.75) is 37.0 Å². The van der Waals surface area contributed by atoms with Gasteiger partial charge in [0.2, 0.25) is 11.9 Å². The minimum absolute atomic E-state index is 0.0448. The number of H-pyrrole nitrogens is 1. The lowest BCUT2D eigenvalue weighted by atomic mass is 10.1. The first-order valence-corrected chi connectivity index (χ1v) is 19.7. The molecule has 5 aromatic rings. The fourth-order valence-electron chi connectivity index (χ4n) is 6.48. The van der Waals surface area contributed by atoms with Crippen LogP contribution in [0.3, 0.4) is 0 Å². The van der Waals surface area contributed by atoms with Gasteiger partial charge in [0.05, 0.1) is 18.8 Å². The molecule has 324 valence electrons. The van der Waals surface area contributed by atoms with Crippen LogP contribution in [0, 0.1) is 0 Å². The van der Waals surface area contributed by atoms with E-state index in [9.17, 15) is 37.5 Å². The fourth-order valence-corrected chi connectivity index (χ4v) is 6.60. The van der Waals surface area contributed by atoms with Gasteiger partial charge in [0.1, 0.15) is 11.9 Å². The van der Waals surface area contributed by atoms with Gasteiger partial charge in [-0.2, -0.15) is 28.1 Å². The maximum absolute atomic E-state index is 13.0. The van der Waals surface area contributed by atoms with Crippen molar-refractivity contribution in [2.75, 3.05) is 60.3 Å². The van der Waals surface area contributed by atoms with E-state index < -0.39 is 54.1 Å². The second kappa shape index (κ2) is 18.8. The van der Waals surface area contributed by atoms with Gasteiger partial charge in [-0.05, 0) is 91.1 Å². The Bertz CT molecular complexity index is 2390. The van der Waals surface area contributed by atoms with Gasteiger partial charge in [-0.1, -0.05) is 35.9 Å². The molecule has 3 heterocycles. The highest BCUT2D eigenvalue weighted by molar-refractivity contribution is 6.39. The summed E-state index contributed by atoms with van der Waals surface area (Å²) >= 11 is 6.03. The van der Waals surface area contributed by atoms with Crippen molar-refractivity contribution in [3.8, 4) is 17.3 Å². The third-order valence-corrected chi connectivity index (χ3v) is 10.1. The molecule has 0 unspecified atom stereocenters. The summed E-state index contributed by atoms with van der Waals surface area (Å²) in [4.78, 5) is 68.0. The Morgan fingerprint density at radius 2 is 1.55 bits per heavy atom. The molecular weight excluding hydrogens is 837 g/mol. The van der Waals surface area contributed by atoms with Gasteiger partial charge in [0, 0.05) is 47.3 Å². The van der Waals surface area contributed by atoms with Crippen LogP contribution in [0.15, 0.2) is 84.9 Å². The predicted molar refractivity (Wildman–Crippen MR) is 221 cm³/mol. The first kappa shape index (κ1) is 43.2. The molecule has 0 radical (unpaired) electrons. The zero-order chi connectivity index (χ0) is 43.9. The first-order chi connectivity index (χ1) is 29.7. The number of benzene rings is 3. The first-order valence-electron chi connectivity index (χ1n) is 19.3. The number of ether oxygens (including phenoxy) is 2. The van der Waals surface area contributed by atoms with Crippen LogP contribution in [0.4, 0.5) is 42.3 Å². The van der Waals surface area contributed by atoms with Crippen LogP contribution in [0.5, 0.6) is 6.01 Å². The van der Waals surface area contributed by atoms with E-state index >= 15 is 0 Å². The van der Waals surface area contributed by atoms with Gasteiger partial charge >= 0.3 is 30.0 Å². The number of aromatic amines is 1. The Labute approximate surface area is 356 Å². The Hall–Kier alpha value is -6.93. The molecule has 1 aliphatic heterocycles. The van der Waals surface area contributed by atoms with Crippen molar-refractivity contribution in [1.29, 1.82) is 0 Å². The molecule has 3 aromatic carbocycles. The highest BCUT2D eigenvalue weighted by Gasteiger charge is 2.45. The van der Waals surface area contributed by atoms with Crippen molar-refractivity contribution in [2.24, 2.45) is 0 Å². The molecule has 7 rings (SSSR count). The number of carboxylic acids is 1. The summed E-state index contributed by atoms with van der Waals surface area (Å²) in [6.45, 7) is 1.01. The largest absolute Gasteiger partial charge is 0.480 e. The lowest BCUT2D eigenvalue weighted by molar-refractivity contribution is -0.154. The molecular formula is C41H40ClF3N10O7. The van der Waals surface area contributed by atoms with Crippen LogP contribution in [0.1, 0.15) is 35.2 Å². The van der Waals surface area contributed by atoms with Gasteiger partial charge in [-0.25, -0.2) is 4.79 Å². The molecule has 7 N–H and O–H groups in total. The number of carbonyl (C=O) groups excluding carboxylic acids is 3. The topological polar surface area (TPSA) is 225 Å². The minimum Gasteiger partial charge on any atom is -0.480 e. The number of aliphatic carboxylic acids is 1. The zero-order valence-electron chi connectivity index (χ0n) is 32.7. The summed E-state index contributed by atoms with van der Waals surface area (Å²) < 4.78 is 49.2. The number of halogens is 4. The van der Waals surface area contributed by atoms with E-state index in [1.165, 1.54) is 24.3 Å². The molecule has 2 aliphatic rings. The van der Waals surface area contributed by atoms with Gasteiger partial charge in [0.15, 0.2) is 6.61 Å². The van der Waals surface area contributed by atoms with E-state index in [0.717, 1.165) is 35.7 Å². The van der Waals surface area contributed by atoms with Crippen LogP contribution in [0.2, 0.25) is 5.02 Å². The fraction of sp³-hybridized carbons (Fsp3) is 0.293. The summed E-state index contributed by atoms with van der Waals surface area (Å²) in [5, 5.41) is 23.6. The number of hydrogen-bond donors (Lipinski definition) is 7. The predicted octanol–water partition coefficient (Wildman–Crippen LogP) is 5.47. The van der Waals surface area contributed by atoms with E-state index in [1.807, 2.05) is 24.3 Å². The second-order valence-corrected chi connectivity index (χ2v) is 14.8. The van der Waals surface area contributed by atoms with Crippen molar-refractivity contribution < 1.29 is 46.9 Å². The molecule has 1 atom stereocenters. The number of anilines is 5. The molecule has 0 bridgehead atoms. The SMILES string of the molecule is O=C(NCC[C@H](NC(=O)c1ccc(Nc2nc(NC3(c4ccc(Cl)cc4)CC3)nc(OCC(F)(F)F)n2)cc1)C(=O)O)C(=O)Nc1ccc(-c2ccc(N3CCOCC3)[nH]2)cc1. The molecule has 3 amide bonds. The maximum Gasteiger partial charge on any atom is 0.422 e. The number of carboxylic acid groups (broad SMARTS) is 1. The summed E-state index contributed by atoms with van der Waals surface area (Å²) in [5.74, 6) is -3.31.